The first-order chi connectivity index (χ1) is 11.2. The van der Waals surface area contributed by atoms with Gasteiger partial charge in [-0.25, -0.2) is 0 Å². The molecule has 0 saturated carbocycles. The van der Waals surface area contributed by atoms with Gasteiger partial charge in [0.15, 0.2) is 0 Å². The van der Waals surface area contributed by atoms with Crippen molar-refractivity contribution in [2.45, 2.75) is 13.0 Å². The summed E-state index contributed by atoms with van der Waals surface area (Å²) in [6.45, 7) is 1.32. The van der Waals surface area contributed by atoms with E-state index in [0.29, 0.717) is 23.3 Å². The van der Waals surface area contributed by atoms with Crippen LogP contribution in [0.5, 0.6) is 0 Å². The Morgan fingerprint density at radius 3 is 2.52 bits per heavy atom. The molecule has 1 N–H and O–H groups in total. The van der Waals surface area contributed by atoms with E-state index in [0.717, 1.165) is 23.6 Å². The third-order valence-electron chi connectivity index (χ3n) is 3.29. The molecule has 0 aliphatic heterocycles. The zero-order valence-electron chi connectivity index (χ0n) is 12.3. The molecule has 0 radical (unpaired) electrons. The second-order valence-corrected chi connectivity index (χ2v) is 5.94. The van der Waals surface area contributed by atoms with Gasteiger partial charge in [-0.15, -0.1) is 10.2 Å². The first-order valence-corrected chi connectivity index (χ1v) is 8.00. The molecule has 4 nitrogen and oxygen atoms in total. The number of halogens is 2. The van der Waals surface area contributed by atoms with E-state index in [-0.39, 0.29) is 0 Å². The maximum absolute atomic E-state index is 5.96. The quantitative estimate of drug-likeness (QED) is 0.672. The van der Waals surface area contributed by atoms with Crippen LogP contribution in [-0.2, 0) is 13.0 Å². The molecule has 6 heteroatoms. The normalized spacial score (nSPS) is 10.9. The Hall–Kier alpha value is -1.88. The molecule has 118 valence electrons. The van der Waals surface area contributed by atoms with Crippen molar-refractivity contribution in [3.63, 3.8) is 0 Å². The number of benzene rings is 2. The Kier molecular flexibility index (Phi) is 5.28. The lowest BCUT2D eigenvalue weighted by atomic mass is 10.1. The van der Waals surface area contributed by atoms with E-state index in [1.165, 1.54) is 5.56 Å². The summed E-state index contributed by atoms with van der Waals surface area (Å²) in [7, 11) is 0. The van der Waals surface area contributed by atoms with Crippen LogP contribution in [0.4, 0.5) is 0 Å². The van der Waals surface area contributed by atoms with Gasteiger partial charge in [-0.1, -0.05) is 41.4 Å². The second kappa shape index (κ2) is 7.59. The largest absolute Gasteiger partial charge is 0.419 e. The second-order valence-electron chi connectivity index (χ2n) is 5.07. The van der Waals surface area contributed by atoms with Crippen LogP contribution in [-0.4, -0.2) is 16.7 Å². The minimum atomic E-state index is 0.471. The van der Waals surface area contributed by atoms with Crippen molar-refractivity contribution >= 4 is 23.2 Å². The summed E-state index contributed by atoms with van der Waals surface area (Å²) in [5.41, 5.74) is 2.00. The first-order valence-electron chi connectivity index (χ1n) is 7.24. The number of nitrogens with zero attached hydrogens (tertiary/aromatic N) is 2. The number of aromatic nitrogens is 2. The fraction of sp³-hybridized carbons (Fsp3) is 0.176. The Morgan fingerprint density at radius 2 is 1.74 bits per heavy atom. The molecule has 0 unspecified atom stereocenters. The summed E-state index contributed by atoms with van der Waals surface area (Å²) >= 11 is 11.9. The average molecular weight is 348 g/mol. The molecule has 0 saturated heterocycles. The molecule has 3 aromatic rings. The highest BCUT2D eigenvalue weighted by Crippen LogP contribution is 2.21. The van der Waals surface area contributed by atoms with Gasteiger partial charge in [-0.05, 0) is 48.9 Å². The Labute approximate surface area is 144 Å². The van der Waals surface area contributed by atoms with Gasteiger partial charge in [0.2, 0.25) is 11.8 Å². The smallest absolute Gasteiger partial charge is 0.247 e. The van der Waals surface area contributed by atoms with Crippen LogP contribution in [0.25, 0.3) is 11.5 Å². The lowest BCUT2D eigenvalue weighted by molar-refractivity contribution is 0.478. The SMILES string of the molecule is Clc1cccc(CCNCc2nnc(-c3cccc(Cl)c3)o2)c1. The lowest BCUT2D eigenvalue weighted by Crippen LogP contribution is -2.16. The molecular weight excluding hydrogens is 333 g/mol. The van der Waals surface area contributed by atoms with E-state index in [9.17, 15) is 0 Å². The molecule has 1 heterocycles. The predicted molar refractivity (Wildman–Crippen MR) is 91.6 cm³/mol. The van der Waals surface area contributed by atoms with E-state index in [2.05, 4.69) is 21.6 Å². The highest BCUT2D eigenvalue weighted by atomic mass is 35.5. The summed E-state index contributed by atoms with van der Waals surface area (Å²) in [5.74, 6) is 1.02. The van der Waals surface area contributed by atoms with E-state index >= 15 is 0 Å². The van der Waals surface area contributed by atoms with Crippen molar-refractivity contribution in [3.05, 3.63) is 70.0 Å². The van der Waals surface area contributed by atoms with Crippen LogP contribution >= 0.6 is 23.2 Å². The van der Waals surface area contributed by atoms with Gasteiger partial charge in [0.05, 0.1) is 6.54 Å². The van der Waals surface area contributed by atoms with Crippen molar-refractivity contribution < 1.29 is 4.42 Å². The predicted octanol–water partition coefficient (Wildman–Crippen LogP) is 4.38. The van der Waals surface area contributed by atoms with E-state index in [1.807, 2.05) is 30.3 Å². The first kappa shape index (κ1) is 16.0. The van der Waals surface area contributed by atoms with Gasteiger partial charge in [0.25, 0.3) is 0 Å². The van der Waals surface area contributed by atoms with Crippen LogP contribution in [0.2, 0.25) is 10.0 Å². The topological polar surface area (TPSA) is 51.0 Å². The lowest BCUT2D eigenvalue weighted by Gasteiger charge is -2.03. The van der Waals surface area contributed by atoms with Crippen molar-refractivity contribution in [1.82, 2.24) is 15.5 Å². The molecule has 0 atom stereocenters. The van der Waals surface area contributed by atoms with Crippen molar-refractivity contribution in [2.75, 3.05) is 6.54 Å². The van der Waals surface area contributed by atoms with Gasteiger partial charge in [-0.2, -0.15) is 0 Å². The fourth-order valence-corrected chi connectivity index (χ4v) is 2.59. The monoisotopic (exact) mass is 347 g/mol. The van der Waals surface area contributed by atoms with E-state index in [4.69, 9.17) is 27.6 Å². The maximum Gasteiger partial charge on any atom is 0.247 e. The third kappa shape index (κ3) is 4.55. The Morgan fingerprint density at radius 1 is 0.957 bits per heavy atom. The molecule has 0 bridgehead atoms. The third-order valence-corrected chi connectivity index (χ3v) is 3.76. The molecule has 2 aromatic carbocycles. The molecule has 1 aromatic heterocycles. The summed E-state index contributed by atoms with van der Waals surface area (Å²) < 4.78 is 5.63. The van der Waals surface area contributed by atoms with Gasteiger partial charge in [0, 0.05) is 15.6 Å². The van der Waals surface area contributed by atoms with Crippen molar-refractivity contribution in [2.24, 2.45) is 0 Å². The minimum Gasteiger partial charge on any atom is -0.419 e. The fourth-order valence-electron chi connectivity index (χ4n) is 2.18. The summed E-state index contributed by atoms with van der Waals surface area (Å²) in [6.07, 6.45) is 0.885. The van der Waals surface area contributed by atoms with Crippen LogP contribution in [0.15, 0.2) is 52.9 Å². The number of hydrogen-bond donors (Lipinski definition) is 1. The van der Waals surface area contributed by atoms with E-state index in [1.54, 1.807) is 12.1 Å². The van der Waals surface area contributed by atoms with Gasteiger partial charge in [-0.3, -0.25) is 0 Å². The molecule has 0 spiro atoms. The summed E-state index contributed by atoms with van der Waals surface area (Å²) in [4.78, 5) is 0. The maximum atomic E-state index is 5.96. The number of rotatable bonds is 6. The molecule has 0 fully saturated rings. The zero-order chi connectivity index (χ0) is 16.1. The summed E-state index contributed by atoms with van der Waals surface area (Å²) in [6, 6.07) is 15.2. The molecule has 23 heavy (non-hydrogen) atoms. The van der Waals surface area contributed by atoms with Gasteiger partial charge < -0.3 is 9.73 Å². The molecule has 3 rings (SSSR count). The Bertz CT molecular complexity index is 789. The molecule has 0 amide bonds. The highest BCUT2D eigenvalue weighted by Gasteiger charge is 2.08. The summed E-state index contributed by atoms with van der Waals surface area (Å²) in [5, 5.41) is 12.8. The number of hydrogen-bond acceptors (Lipinski definition) is 4. The zero-order valence-corrected chi connectivity index (χ0v) is 13.8. The van der Waals surface area contributed by atoms with E-state index < -0.39 is 0 Å². The average Bonchev–Trinajstić information content (AvgIpc) is 3.01. The van der Waals surface area contributed by atoms with Gasteiger partial charge >= 0.3 is 0 Å². The molecule has 0 aliphatic rings. The van der Waals surface area contributed by atoms with Crippen LogP contribution < -0.4 is 5.32 Å². The highest BCUT2D eigenvalue weighted by molar-refractivity contribution is 6.31. The van der Waals surface area contributed by atoms with Gasteiger partial charge in [0.1, 0.15) is 0 Å². The van der Waals surface area contributed by atoms with Crippen molar-refractivity contribution in [1.29, 1.82) is 0 Å². The standard InChI is InChI=1S/C17H15Cl2N3O/c18-14-5-1-3-12(9-14)7-8-20-11-16-21-22-17(23-16)13-4-2-6-15(19)10-13/h1-6,9-10,20H,7-8,11H2. The minimum absolute atomic E-state index is 0.471. The van der Waals surface area contributed by atoms with Crippen LogP contribution in [0.3, 0.4) is 0 Å². The van der Waals surface area contributed by atoms with Crippen LogP contribution in [0.1, 0.15) is 11.5 Å². The Balaban J connectivity index is 1.51. The molecular formula is C17H15Cl2N3O. The van der Waals surface area contributed by atoms with Crippen molar-refractivity contribution in [3.8, 4) is 11.5 Å². The molecule has 0 aliphatic carbocycles. The number of nitrogens with one attached hydrogen (secondary N) is 1. The van der Waals surface area contributed by atoms with Crippen LogP contribution in [0, 0.1) is 0 Å².